The molecule has 0 spiro atoms. The van der Waals surface area contributed by atoms with Crippen LogP contribution in [0.2, 0.25) is 0 Å². The van der Waals surface area contributed by atoms with Gasteiger partial charge in [0.2, 0.25) is 0 Å². The number of rotatable bonds is 15. The van der Waals surface area contributed by atoms with Gasteiger partial charge in [-0.15, -0.1) is 5.10 Å². The number of hydrogen-bond acceptors (Lipinski definition) is 18. The molecular weight excluding hydrogens is 682 g/mol. The molecule has 0 aliphatic carbocycles. The zero-order valence-electron chi connectivity index (χ0n) is 28.9. The molecule has 1 aliphatic rings. The molecule has 0 radical (unpaired) electrons. The van der Waals surface area contributed by atoms with E-state index in [0.29, 0.717) is 5.69 Å². The quantitative estimate of drug-likeness (QED) is 0.183. The van der Waals surface area contributed by atoms with Gasteiger partial charge in [0, 0.05) is 48.5 Å². The molecule has 1 aromatic carbocycles. The van der Waals surface area contributed by atoms with E-state index in [1.54, 1.807) is 30.3 Å². The molecule has 278 valence electrons. The molecule has 1 saturated heterocycles. The van der Waals surface area contributed by atoms with Crippen molar-refractivity contribution in [2.24, 2.45) is 0 Å². The summed E-state index contributed by atoms with van der Waals surface area (Å²) >= 11 is 0. The van der Waals surface area contributed by atoms with Gasteiger partial charge in [0.1, 0.15) is 18.4 Å². The van der Waals surface area contributed by atoms with E-state index in [-0.39, 0.29) is 5.69 Å². The van der Waals surface area contributed by atoms with Crippen LogP contribution in [0.25, 0.3) is 5.69 Å². The van der Waals surface area contributed by atoms with Crippen LogP contribution in [0.15, 0.2) is 36.5 Å². The van der Waals surface area contributed by atoms with E-state index in [1.807, 2.05) is 0 Å². The first kappa shape index (κ1) is 40.0. The number of benzene rings is 1. The maximum Gasteiger partial charge on any atom is 0.303 e. The molecule has 0 bridgehead atoms. The fraction of sp³-hybridized carbons (Fsp3) is 0.531. The van der Waals surface area contributed by atoms with Crippen molar-refractivity contribution in [3.8, 4) is 5.69 Å². The lowest BCUT2D eigenvalue weighted by Crippen LogP contribution is -2.63. The van der Waals surface area contributed by atoms with E-state index in [2.05, 4.69) is 10.2 Å². The highest BCUT2D eigenvalue weighted by Crippen LogP contribution is 2.32. The SMILES string of the molecule is CC(=O)OC[C@@H]1O[C@@H](OC[C@H](OC(C)=O)[C@H](OC(C)=O)[C@H](OC(C)=O)c2cnn(-c3ccccc3)n2)[C@@H](OC(C)=O)[C@@H](OC(C)=O)[C@H]1OC(C)=O. The summed E-state index contributed by atoms with van der Waals surface area (Å²) in [6.07, 6.45) is -11.2. The minimum Gasteiger partial charge on any atom is -0.463 e. The third-order valence-electron chi connectivity index (χ3n) is 6.74. The molecule has 8 atom stereocenters. The van der Waals surface area contributed by atoms with Crippen molar-refractivity contribution in [1.82, 2.24) is 15.0 Å². The van der Waals surface area contributed by atoms with Gasteiger partial charge in [-0.2, -0.15) is 9.90 Å². The molecule has 1 aliphatic heterocycles. The van der Waals surface area contributed by atoms with Crippen LogP contribution in [-0.4, -0.2) is 113 Å². The maximum absolute atomic E-state index is 12.4. The lowest BCUT2D eigenvalue weighted by molar-refractivity contribution is -0.313. The summed E-state index contributed by atoms with van der Waals surface area (Å²) < 4.78 is 49.7. The molecule has 19 nitrogen and oxygen atoms in total. The second-order valence-corrected chi connectivity index (χ2v) is 11.0. The molecule has 0 saturated carbocycles. The fourth-order valence-corrected chi connectivity index (χ4v) is 5.01. The normalized spacial score (nSPS) is 21.5. The first-order chi connectivity index (χ1) is 24.0. The number of aromatic nitrogens is 3. The van der Waals surface area contributed by atoms with Crippen molar-refractivity contribution in [3.63, 3.8) is 0 Å². The standard InChI is InChI=1S/C32H39N3O16/c1-16(36)43-14-26-29(48-20(5)40)30(49-21(6)41)31(50-22(7)42)32(51-26)44-15-25(45-17(2)37)28(47-19(4)39)27(46-18(3)38)24-13-33-35(34-24)23-11-9-8-10-12-23/h8-13,25-32H,14-15H2,1-7H3/t25-,26-,27+,28-,29-,30-,31-,32+/m0/s1. The highest BCUT2D eigenvalue weighted by Gasteiger charge is 2.53. The Hall–Kier alpha value is -5.43. The average Bonchev–Trinajstić information content (AvgIpc) is 3.52. The number of nitrogens with zero attached hydrogens (tertiary/aromatic N) is 3. The highest BCUT2D eigenvalue weighted by atomic mass is 16.7. The Morgan fingerprint density at radius 3 is 1.82 bits per heavy atom. The smallest absolute Gasteiger partial charge is 0.303 e. The summed E-state index contributed by atoms with van der Waals surface area (Å²) in [6, 6.07) is 8.67. The molecule has 3 rings (SSSR count). The van der Waals surface area contributed by atoms with Crippen LogP contribution >= 0.6 is 0 Å². The lowest BCUT2D eigenvalue weighted by Gasteiger charge is -2.44. The number of ether oxygens (including phenoxy) is 9. The van der Waals surface area contributed by atoms with Gasteiger partial charge in [0.25, 0.3) is 0 Å². The van der Waals surface area contributed by atoms with Gasteiger partial charge in [0.15, 0.2) is 42.9 Å². The average molecular weight is 722 g/mol. The van der Waals surface area contributed by atoms with Crippen molar-refractivity contribution >= 4 is 41.8 Å². The number of hydrogen-bond donors (Lipinski definition) is 0. The molecule has 2 aromatic rings. The third-order valence-corrected chi connectivity index (χ3v) is 6.74. The Labute approximate surface area is 291 Å². The third kappa shape index (κ3) is 12.1. The summed E-state index contributed by atoms with van der Waals surface area (Å²) in [4.78, 5) is 86.5. The minimum atomic E-state index is -1.69. The van der Waals surface area contributed by atoms with E-state index >= 15 is 0 Å². The number of carbonyl (C=O) groups excluding carboxylic acids is 7. The second-order valence-electron chi connectivity index (χ2n) is 11.0. The van der Waals surface area contributed by atoms with E-state index in [0.717, 1.165) is 48.5 Å². The van der Waals surface area contributed by atoms with Crippen LogP contribution in [0.1, 0.15) is 60.3 Å². The van der Waals surface area contributed by atoms with E-state index in [4.69, 9.17) is 42.6 Å². The van der Waals surface area contributed by atoms with Crippen molar-refractivity contribution in [1.29, 1.82) is 0 Å². The van der Waals surface area contributed by atoms with Gasteiger partial charge in [-0.25, -0.2) is 0 Å². The molecule has 2 heterocycles. The molecule has 1 fully saturated rings. The molecule has 1 aromatic heterocycles. The topological polar surface area (TPSA) is 233 Å². The fourth-order valence-electron chi connectivity index (χ4n) is 5.01. The van der Waals surface area contributed by atoms with Crippen LogP contribution in [0, 0.1) is 0 Å². The zero-order valence-corrected chi connectivity index (χ0v) is 28.9. The maximum atomic E-state index is 12.4. The molecule has 0 amide bonds. The molecule has 0 N–H and O–H groups in total. The van der Waals surface area contributed by atoms with Crippen LogP contribution in [0.4, 0.5) is 0 Å². The van der Waals surface area contributed by atoms with Gasteiger partial charge in [0.05, 0.1) is 18.5 Å². The van der Waals surface area contributed by atoms with Gasteiger partial charge < -0.3 is 42.6 Å². The van der Waals surface area contributed by atoms with Crippen molar-refractivity contribution in [3.05, 3.63) is 42.2 Å². The monoisotopic (exact) mass is 721 g/mol. The summed E-state index contributed by atoms with van der Waals surface area (Å²) in [5.74, 6) is -5.91. The minimum absolute atomic E-state index is 0.00949. The van der Waals surface area contributed by atoms with Crippen LogP contribution in [0.5, 0.6) is 0 Å². The van der Waals surface area contributed by atoms with Crippen LogP contribution < -0.4 is 0 Å². The van der Waals surface area contributed by atoms with E-state index in [9.17, 15) is 33.6 Å². The Morgan fingerprint density at radius 1 is 0.706 bits per heavy atom. The first-order valence-electron chi connectivity index (χ1n) is 15.5. The van der Waals surface area contributed by atoms with E-state index < -0.39 is 104 Å². The van der Waals surface area contributed by atoms with Crippen molar-refractivity contribution in [2.75, 3.05) is 13.2 Å². The Balaban J connectivity index is 2.06. The predicted octanol–water partition coefficient (Wildman–Crippen LogP) is 0.835. The summed E-state index contributed by atoms with van der Waals surface area (Å²) in [5, 5.41) is 8.58. The van der Waals surface area contributed by atoms with Crippen molar-refractivity contribution < 1.29 is 76.2 Å². The highest BCUT2D eigenvalue weighted by molar-refractivity contribution is 5.69. The van der Waals surface area contributed by atoms with Gasteiger partial charge in [-0.3, -0.25) is 33.6 Å². The lowest BCUT2D eigenvalue weighted by atomic mass is 9.98. The number of para-hydroxylation sites is 1. The molecule has 51 heavy (non-hydrogen) atoms. The number of esters is 7. The second kappa shape index (κ2) is 18.5. The molecule has 0 unspecified atom stereocenters. The van der Waals surface area contributed by atoms with Crippen LogP contribution in [-0.2, 0) is 76.2 Å². The van der Waals surface area contributed by atoms with Gasteiger partial charge in [-0.05, 0) is 12.1 Å². The first-order valence-corrected chi connectivity index (χ1v) is 15.5. The largest absolute Gasteiger partial charge is 0.463 e. The Kier molecular flexibility index (Phi) is 14.5. The molecule has 19 heteroatoms. The van der Waals surface area contributed by atoms with Gasteiger partial charge in [-0.1, -0.05) is 18.2 Å². The number of carbonyl (C=O) groups is 7. The summed E-state index contributed by atoms with van der Waals surface area (Å²) in [5.41, 5.74) is 0.530. The zero-order chi connectivity index (χ0) is 37.8. The summed E-state index contributed by atoms with van der Waals surface area (Å²) in [6.45, 7) is 6.22. The predicted molar refractivity (Wildman–Crippen MR) is 165 cm³/mol. The van der Waals surface area contributed by atoms with Crippen molar-refractivity contribution in [2.45, 2.75) is 97.5 Å². The Morgan fingerprint density at radius 2 is 1.27 bits per heavy atom. The Bertz CT molecular complexity index is 1560. The molecular formula is C32H39N3O16. The van der Waals surface area contributed by atoms with Gasteiger partial charge >= 0.3 is 41.8 Å². The summed E-state index contributed by atoms with van der Waals surface area (Å²) in [7, 11) is 0. The van der Waals surface area contributed by atoms with E-state index in [1.165, 1.54) is 11.0 Å². The van der Waals surface area contributed by atoms with Crippen LogP contribution in [0.3, 0.4) is 0 Å².